The first-order valence-corrected chi connectivity index (χ1v) is 8.90. The van der Waals surface area contributed by atoms with E-state index in [4.69, 9.17) is 0 Å². The van der Waals surface area contributed by atoms with E-state index in [1.807, 2.05) is 7.05 Å². The highest BCUT2D eigenvalue weighted by Crippen LogP contribution is 2.15. The van der Waals surface area contributed by atoms with E-state index < -0.39 is 0 Å². The molecule has 2 rings (SSSR count). The molecule has 0 radical (unpaired) electrons. The molecule has 4 heteroatoms. The maximum Gasteiger partial charge on any atom is 0.191 e. The van der Waals surface area contributed by atoms with Crippen LogP contribution >= 0.6 is 0 Å². The van der Waals surface area contributed by atoms with E-state index in [-0.39, 0.29) is 0 Å². The van der Waals surface area contributed by atoms with Crippen LogP contribution in [-0.2, 0) is 6.54 Å². The fourth-order valence-electron chi connectivity index (χ4n) is 2.91. The van der Waals surface area contributed by atoms with Crippen LogP contribution in [0.4, 0.5) is 0 Å². The summed E-state index contributed by atoms with van der Waals surface area (Å²) in [6, 6.07) is 8.61. The van der Waals surface area contributed by atoms with Gasteiger partial charge in [0.25, 0.3) is 0 Å². The fraction of sp³-hybridized carbons (Fsp3) is 0.632. The zero-order chi connectivity index (χ0) is 16.5. The molecule has 4 nitrogen and oxygen atoms in total. The lowest BCUT2D eigenvalue weighted by Gasteiger charge is -2.30. The minimum atomic E-state index is 0.809. The van der Waals surface area contributed by atoms with Crippen LogP contribution in [0.2, 0.25) is 0 Å². The Bertz CT molecular complexity index is 473. The van der Waals surface area contributed by atoms with Gasteiger partial charge in [0.05, 0.1) is 0 Å². The van der Waals surface area contributed by atoms with Crippen molar-refractivity contribution in [2.24, 2.45) is 10.9 Å². The number of nitrogens with one attached hydrogen (secondary N) is 2. The Morgan fingerprint density at radius 1 is 1.17 bits per heavy atom. The van der Waals surface area contributed by atoms with E-state index >= 15 is 0 Å². The van der Waals surface area contributed by atoms with Crippen molar-refractivity contribution in [1.29, 1.82) is 0 Å². The average Bonchev–Trinajstić information content (AvgIpc) is 2.57. The van der Waals surface area contributed by atoms with Crippen molar-refractivity contribution in [1.82, 2.24) is 15.5 Å². The van der Waals surface area contributed by atoms with Crippen LogP contribution in [0.1, 0.15) is 37.3 Å². The molecular weight excluding hydrogens is 284 g/mol. The highest BCUT2D eigenvalue weighted by molar-refractivity contribution is 5.79. The number of aliphatic imine (C=N–C) groups is 1. The first kappa shape index (κ1) is 17.8. The molecule has 1 saturated heterocycles. The average molecular weight is 316 g/mol. The first-order chi connectivity index (χ1) is 11.2. The molecule has 0 saturated carbocycles. The summed E-state index contributed by atoms with van der Waals surface area (Å²) in [5, 5.41) is 6.79. The SMILES string of the molecule is CN=C(NCCCN1CCC(C)CC1)NCc1ccc(C)cc1. The van der Waals surface area contributed by atoms with Gasteiger partial charge in [-0.15, -0.1) is 0 Å². The molecule has 1 aliphatic rings. The molecule has 1 heterocycles. The maximum absolute atomic E-state index is 4.30. The van der Waals surface area contributed by atoms with Crippen LogP contribution in [0, 0.1) is 12.8 Å². The Balaban J connectivity index is 1.60. The molecule has 0 aromatic heterocycles. The van der Waals surface area contributed by atoms with E-state index in [0.29, 0.717) is 0 Å². The zero-order valence-corrected chi connectivity index (χ0v) is 14.9. The van der Waals surface area contributed by atoms with Gasteiger partial charge in [-0.25, -0.2) is 0 Å². The second-order valence-corrected chi connectivity index (χ2v) is 6.72. The molecule has 0 atom stereocenters. The van der Waals surface area contributed by atoms with E-state index in [9.17, 15) is 0 Å². The number of guanidine groups is 1. The number of hydrogen-bond acceptors (Lipinski definition) is 2. The zero-order valence-electron chi connectivity index (χ0n) is 14.9. The minimum Gasteiger partial charge on any atom is -0.356 e. The molecule has 128 valence electrons. The van der Waals surface area contributed by atoms with Crippen molar-refractivity contribution in [3.8, 4) is 0 Å². The predicted octanol–water partition coefficient (Wildman–Crippen LogP) is 2.78. The van der Waals surface area contributed by atoms with Crippen LogP contribution in [0.3, 0.4) is 0 Å². The van der Waals surface area contributed by atoms with Gasteiger partial charge in [0.15, 0.2) is 5.96 Å². The second-order valence-electron chi connectivity index (χ2n) is 6.72. The Kier molecular flexibility index (Phi) is 7.40. The molecule has 2 N–H and O–H groups in total. The molecular formula is C19H32N4. The van der Waals surface area contributed by atoms with Gasteiger partial charge in [0.2, 0.25) is 0 Å². The number of piperidine rings is 1. The molecule has 0 aliphatic carbocycles. The second kappa shape index (κ2) is 9.56. The summed E-state index contributed by atoms with van der Waals surface area (Å²) in [5.74, 6) is 1.80. The van der Waals surface area contributed by atoms with Crippen molar-refractivity contribution < 1.29 is 0 Å². The minimum absolute atomic E-state index is 0.809. The van der Waals surface area contributed by atoms with Crippen LogP contribution in [0.15, 0.2) is 29.3 Å². The summed E-state index contributed by atoms with van der Waals surface area (Å²) in [7, 11) is 1.83. The van der Waals surface area contributed by atoms with Gasteiger partial charge in [0, 0.05) is 20.1 Å². The predicted molar refractivity (Wildman–Crippen MR) is 98.8 cm³/mol. The Labute approximate surface area is 141 Å². The summed E-state index contributed by atoms with van der Waals surface area (Å²) in [5.41, 5.74) is 2.57. The third-order valence-electron chi connectivity index (χ3n) is 4.62. The van der Waals surface area contributed by atoms with Gasteiger partial charge < -0.3 is 15.5 Å². The maximum atomic E-state index is 4.30. The monoisotopic (exact) mass is 316 g/mol. The smallest absolute Gasteiger partial charge is 0.191 e. The van der Waals surface area contributed by atoms with Crippen LogP contribution in [0.5, 0.6) is 0 Å². The molecule has 1 fully saturated rings. The molecule has 0 amide bonds. The van der Waals surface area contributed by atoms with Crippen LogP contribution in [0.25, 0.3) is 0 Å². The molecule has 1 aromatic carbocycles. The van der Waals surface area contributed by atoms with Gasteiger partial charge >= 0.3 is 0 Å². The number of aryl methyl sites for hydroxylation is 1. The van der Waals surface area contributed by atoms with Crippen molar-refractivity contribution >= 4 is 5.96 Å². The molecule has 23 heavy (non-hydrogen) atoms. The number of benzene rings is 1. The van der Waals surface area contributed by atoms with E-state index in [2.05, 4.69) is 58.6 Å². The Morgan fingerprint density at radius 2 is 1.87 bits per heavy atom. The highest BCUT2D eigenvalue weighted by Gasteiger charge is 2.14. The van der Waals surface area contributed by atoms with Crippen molar-refractivity contribution in [2.75, 3.05) is 33.2 Å². The number of likely N-dealkylation sites (tertiary alicyclic amines) is 1. The molecule has 1 aliphatic heterocycles. The van der Waals surface area contributed by atoms with E-state index in [0.717, 1.165) is 25.0 Å². The number of hydrogen-bond donors (Lipinski definition) is 2. The summed E-state index contributed by atoms with van der Waals surface area (Å²) < 4.78 is 0. The summed E-state index contributed by atoms with van der Waals surface area (Å²) in [4.78, 5) is 6.88. The highest BCUT2D eigenvalue weighted by atomic mass is 15.2. The first-order valence-electron chi connectivity index (χ1n) is 8.90. The Hall–Kier alpha value is -1.55. The lowest BCUT2D eigenvalue weighted by molar-refractivity contribution is 0.191. The van der Waals surface area contributed by atoms with Crippen molar-refractivity contribution in [3.05, 3.63) is 35.4 Å². The molecule has 0 bridgehead atoms. The van der Waals surface area contributed by atoms with E-state index in [1.54, 1.807) is 0 Å². The van der Waals surface area contributed by atoms with Gasteiger partial charge in [-0.2, -0.15) is 0 Å². The summed E-state index contributed by atoms with van der Waals surface area (Å²) in [6.07, 6.45) is 3.88. The molecule has 1 aromatic rings. The topological polar surface area (TPSA) is 39.7 Å². The summed E-state index contributed by atoms with van der Waals surface area (Å²) in [6.45, 7) is 9.98. The van der Waals surface area contributed by atoms with Gasteiger partial charge in [0.1, 0.15) is 0 Å². The van der Waals surface area contributed by atoms with Crippen LogP contribution < -0.4 is 10.6 Å². The number of rotatable bonds is 6. The van der Waals surface area contributed by atoms with Crippen LogP contribution in [-0.4, -0.2) is 44.1 Å². The van der Waals surface area contributed by atoms with Crippen molar-refractivity contribution in [2.45, 2.75) is 39.7 Å². The van der Waals surface area contributed by atoms with Gasteiger partial charge in [-0.05, 0) is 57.3 Å². The third-order valence-corrected chi connectivity index (χ3v) is 4.62. The van der Waals surface area contributed by atoms with E-state index in [1.165, 1.54) is 50.0 Å². The van der Waals surface area contributed by atoms with Crippen molar-refractivity contribution in [3.63, 3.8) is 0 Å². The lowest BCUT2D eigenvalue weighted by Crippen LogP contribution is -2.39. The van der Waals surface area contributed by atoms with Gasteiger partial charge in [-0.1, -0.05) is 36.8 Å². The molecule has 0 spiro atoms. The fourth-order valence-corrected chi connectivity index (χ4v) is 2.91. The Morgan fingerprint density at radius 3 is 2.52 bits per heavy atom. The summed E-state index contributed by atoms with van der Waals surface area (Å²) >= 11 is 0. The molecule has 0 unspecified atom stereocenters. The largest absolute Gasteiger partial charge is 0.356 e. The quantitative estimate of drug-likeness (QED) is 0.482. The number of nitrogens with zero attached hydrogens (tertiary/aromatic N) is 2. The third kappa shape index (κ3) is 6.61. The standard InChI is InChI=1S/C19H32N4/c1-16-5-7-18(8-6-16)15-22-19(20-3)21-11-4-12-23-13-9-17(2)10-14-23/h5-8,17H,4,9-15H2,1-3H3,(H2,20,21,22). The van der Waals surface area contributed by atoms with Gasteiger partial charge in [-0.3, -0.25) is 4.99 Å². The lowest BCUT2D eigenvalue weighted by atomic mass is 9.99. The normalized spacial score (nSPS) is 17.3.